The van der Waals surface area contributed by atoms with Crippen molar-refractivity contribution >= 4 is 27.6 Å². The lowest BCUT2D eigenvalue weighted by molar-refractivity contribution is -0.384. The fraction of sp³-hybridized carbons (Fsp3) is 0.417. The van der Waals surface area contributed by atoms with Crippen LogP contribution in [0.15, 0.2) is 22.7 Å². The molecule has 7 nitrogen and oxygen atoms in total. The van der Waals surface area contributed by atoms with E-state index < -0.39 is 17.0 Å². The van der Waals surface area contributed by atoms with Crippen LogP contribution in [0.2, 0.25) is 0 Å². The van der Waals surface area contributed by atoms with Gasteiger partial charge in [0.05, 0.1) is 11.5 Å². The summed E-state index contributed by atoms with van der Waals surface area (Å²) < 4.78 is 5.79. The van der Waals surface area contributed by atoms with Crippen molar-refractivity contribution in [3.63, 3.8) is 0 Å². The monoisotopic (exact) mass is 344 g/mol. The molecule has 1 N–H and O–H groups in total. The van der Waals surface area contributed by atoms with Gasteiger partial charge in [0.2, 0.25) is 0 Å². The minimum absolute atomic E-state index is 0.0195. The first-order valence-corrected chi connectivity index (χ1v) is 6.76. The Hall–Kier alpha value is -1.51. The molecule has 0 bridgehead atoms. The lowest BCUT2D eigenvalue weighted by Crippen LogP contribution is -2.45. The van der Waals surface area contributed by atoms with E-state index in [-0.39, 0.29) is 5.69 Å². The fourth-order valence-corrected chi connectivity index (χ4v) is 2.51. The van der Waals surface area contributed by atoms with Crippen molar-refractivity contribution in [1.29, 1.82) is 0 Å². The molecular formula is C12H13BrN2O5. The highest BCUT2D eigenvalue weighted by Crippen LogP contribution is 2.24. The molecule has 0 aliphatic carbocycles. The van der Waals surface area contributed by atoms with Gasteiger partial charge in [0.15, 0.2) is 6.10 Å². The first-order chi connectivity index (χ1) is 9.47. The Morgan fingerprint density at radius 2 is 2.35 bits per heavy atom. The van der Waals surface area contributed by atoms with Gasteiger partial charge < -0.3 is 9.84 Å². The number of carboxylic acids is 1. The van der Waals surface area contributed by atoms with Crippen LogP contribution in [0.1, 0.15) is 5.56 Å². The van der Waals surface area contributed by atoms with Gasteiger partial charge in [-0.15, -0.1) is 0 Å². The number of morpholine rings is 1. The number of non-ortho nitro benzene ring substituents is 1. The van der Waals surface area contributed by atoms with Crippen molar-refractivity contribution in [2.45, 2.75) is 12.6 Å². The summed E-state index contributed by atoms with van der Waals surface area (Å²) in [4.78, 5) is 23.1. The highest BCUT2D eigenvalue weighted by atomic mass is 79.9. The summed E-state index contributed by atoms with van der Waals surface area (Å²) in [5.74, 6) is -0.975. The Balaban J connectivity index is 2.06. The van der Waals surface area contributed by atoms with Gasteiger partial charge in [-0.1, -0.05) is 15.9 Å². The molecule has 0 aromatic heterocycles. The topological polar surface area (TPSA) is 92.9 Å². The van der Waals surface area contributed by atoms with E-state index in [1.807, 2.05) is 4.90 Å². The Kier molecular flexibility index (Phi) is 4.69. The molecule has 1 aliphatic heterocycles. The second-order valence-corrected chi connectivity index (χ2v) is 5.32. The van der Waals surface area contributed by atoms with E-state index in [2.05, 4.69) is 15.9 Å². The Bertz CT molecular complexity index is 537. The molecule has 1 aromatic carbocycles. The van der Waals surface area contributed by atoms with E-state index in [1.165, 1.54) is 12.1 Å². The van der Waals surface area contributed by atoms with E-state index in [4.69, 9.17) is 9.84 Å². The quantitative estimate of drug-likeness (QED) is 0.659. The molecule has 0 saturated carbocycles. The number of carboxylic acid groups (broad SMARTS) is 1. The Morgan fingerprint density at radius 1 is 1.60 bits per heavy atom. The molecule has 1 saturated heterocycles. The average Bonchev–Trinajstić information content (AvgIpc) is 2.41. The van der Waals surface area contributed by atoms with Gasteiger partial charge in [-0.25, -0.2) is 4.79 Å². The first kappa shape index (κ1) is 14.9. The predicted molar refractivity (Wildman–Crippen MR) is 73.4 cm³/mol. The molecule has 1 atom stereocenters. The second-order valence-electron chi connectivity index (χ2n) is 4.47. The zero-order chi connectivity index (χ0) is 14.7. The lowest BCUT2D eigenvalue weighted by atomic mass is 10.1. The average molecular weight is 345 g/mol. The summed E-state index contributed by atoms with van der Waals surface area (Å²) >= 11 is 3.31. The molecule has 1 fully saturated rings. The number of nitro benzene ring substituents is 1. The number of hydrogen-bond acceptors (Lipinski definition) is 5. The van der Waals surface area contributed by atoms with Crippen LogP contribution in [0, 0.1) is 10.1 Å². The van der Waals surface area contributed by atoms with Gasteiger partial charge in [-0.05, 0) is 11.6 Å². The number of benzene rings is 1. The highest BCUT2D eigenvalue weighted by molar-refractivity contribution is 9.10. The number of rotatable bonds is 4. The number of ether oxygens (including phenoxy) is 1. The smallest absolute Gasteiger partial charge is 0.334 e. The van der Waals surface area contributed by atoms with Crippen LogP contribution in [-0.4, -0.2) is 46.7 Å². The molecular weight excluding hydrogens is 332 g/mol. The first-order valence-electron chi connectivity index (χ1n) is 5.97. The third-order valence-corrected chi connectivity index (χ3v) is 3.81. The molecule has 1 heterocycles. The van der Waals surface area contributed by atoms with Crippen molar-refractivity contribution in [3.8, 4) is 0 Å². The number of carbonyl (C=O) groups is 1. The largest absolute Gasteiger partial charge is 0.479 e. The van der Waals surface area contributed by atoms with Crippen LogP contribution in [0.5, 0.6) is 0 Å². The number of aliphatic carboxylic acids is 1. The maximum absolute atomic E-state index is 10.9. The summed E-state index contributed by atoms with van der Waals surface area (Å²) in [5.41, 5.74) is 0.896. The van der Waals surface area contributed by atoms with Gasteiger partial charge in [-0.3, -0.25) is 15.0 Å². The summed E-state index contributed by atoms with van der Waals surface area (Å²) in [6.07, 6.45) is -0.819. The van der Waals surface area contributed by atoms with Crippen molar-refractivity contribution in [2.75, 3.05) is 19.7 Å². The van der Waals surface area contributed by atoms with Crippen molar-refractivity contribution in [2.24, 2.45) is 0 Å². The molecule has 0 radical (unpaired) electrons. The van der Waals surface area contributed by atoms with Crippen LogP contribution < -0.4 is 0 Å². The highest BCUT2D eigenvalue weighted by Gasteiger charge is 2.26. The van der Waals surface area contributed by atoms with Crippen LogP contribution >= 0.6 is 15.9 Å². The number of nitro groups is 1. The van der Waals surface area contributed by atoms with Crippen molar-refractivity contribution < 1.29 is 19.6 Å². The van der Waals surface area contributed by atoms with Gasteiger partial charge in [0.1, 0.15) is 0 Å². The molecule has 2 rings (SSSR count). The second kappa shape index (κ2) is 6.29. The van der Waals surface area contributed by atoms with Gasteiger partial charge in [0.25, 0.3) is 5.69 Å². The SMILES string of the molecule is O=C(O)C1CN(Cc2ccc([N+](=O)[O-])cc2Br)CCO1. The maximum atomic E-state index is 10.9. The van der Waals surface area contributed by atoms with Crippen LogP contribution in [0.25, 0.3) is 0 Å². The summed E-state index contributed by atoms with van der Waals surface area (Å²) in [6, 6.07) is 4.56. The summed E-state index contributed by atoms with van der Waals surface area (Å²) in [7, 11) is 0. The third kappa shape index (κ3) is 3.53. The van der Waals surface area contributed by atoms with E-state index in [0.717, 1.165) is 5.56 Å². The molecule has 1 aliphatic rings. The van der Waals surface area contributed by atoms with Crippen LogP contribution in [0.3, 0.4) is 0 Å². The van der Waals surface area contributed by atoms with E-state index >= 15 is 0 Å². The minimum Gasteiger partial charge on any atom is -0.479 e. The molecule has 0 spiro atoms. The summed E-state index contributed by atoms with van der Waals surface area (Å²) in [6.45, 7) is 1.82. The van der Waals surface area contributed by atoms with E-state index in [1.54, 1.807) is 6.07 Å². The molecule has 20 heavy (non-hydrogen) atoms. The predicted octanol–water partition coefficient (Wildman–Crippen LogP) is 1.64. The van der Waals surface area contributed by atoms with Gasteiger partial charge >= 0.3 is 5.97 Å². The molecule has 1 aromatic rings. The maximum Gasteiger partial charge on any atom is 0.334 e. The van der Waals surface area contributed by atoms with E-state index in [0.29, 0.717) is 30.7 Å². The normalized spacial score (nSPS) is 19.8. The summed E-state index contributed by atoms with van der Waals surface area (Å²) in [5, 5.41) is 19.6. The number of nitrogens with zero attached hydrogens (tertiary/aromatic N) is 2. The molecule has 1 unspecified atom stereocenters. The number of halogens is 1. The number of hydrogen-bond donors (Lipinski definition) is 1. The molecule has 8 heteroatoms. The van der Waals surface area contributed by atoms with Crippen molar-refractivity contribution in [3.05, 3.63) is 38.3 Å². The Morgan fingerprint density at radius 3 is 2.95 bits per heavy atom. The third-order valence-electron chi connectivity index (χ3n) is 3.07. The molecule has 108 valence electrons. The fourth-order valence-electron chi connectivity index (χ4n) is 2.01. The zero-order valence-electron chi connectivity index (χ0n) is 10.5. The standard InChI is InChI=1S/C12H13BrN2O5/c13-10-5-9(15(18)19)2-1-8(10)6-14-3-4-20-11(7-14)12(16)17/h1-2,5,11H,3-4,6-7H2,(H,16,17). The van der Waals surface area contributed by atoms with Crippen LogP contribution in [-0.2, 0) is 16.1 Å². The van der Waals surface area contributed by atoms with Gasteiger partial charge in [0, 0.05) is 36.2 Å². The Labute approximate surface area is 123 Å². The molecule has 0 amide bonds. The minimum atomic E-state index is -0.975. The zero-order valence-corrected chi connectivity index (χ0v) is 12.1. The van der Waals surface area contributed by atoms with Crippen molar-refractivity contribution in [1.82, 2.24) is 4.90 Å². The van der Waals surface area contributed by atoms with Crippen LogP contribution in [0.4, 0.5) is 5.69 Å². The van der Waals surface area contributed by atoms with Gasteiger partial charge in [-0.2, -0.15) is 0 Å². The lowest BCUT2D eigenvalue weighted by Gasteiger charge is -2.30. The van der Waals surface area contributed by atoms with E-state index in [9.17, 15) is 14.9 Å².